The first-order valence-electron chi connectivity index (χ1n) is 6.45. The lowest BCUT2D eigenvalue weighted by molar-refractivity contribution is 0.0603. The van der Waals surface area contributed by atoms with Gasteiger partial charge in [-0.3, -0.25) is 20.1 Å². The zero-order valence-corrected chi connectivity index (χ0v) is 11.4. The van der Waals surface area contributed by atoms with E-state index in [9.17, 15) is 4.79 Å². The van der Waals surface area contributed by atoms with Gasteiger partial charge in [-0.25, -0.2) is 0 Å². The Balaban J connectivity index is 1.77. The van der Waals surface area contributed by atoms with Gasteiger partial charge in [-0.1, -0.05) is 18.0 Å². The van der Waals surface area contributed by atoms with Gasteiger partial charge in [0.25, 0.3) is 0 Å². The van der Waals surface area contributed by atoms with Crippen LogP contribution >= 0.6 is 11.6 Å². The van der Waals surface area contributed by atoms with Crippen molar-refractivity contribution in [1.29, 1.82) is 0 Å². The van der Waals surface area contributed by atoms with Crippen LogP contribution in [0.5, 0.6) is 0 Å². The molecule has 4 nitrogen and oxygen atoms in total. The molecule has 2 rings (SSSR count). The summed E-state index contributed by atoms with van der Waals surface area (Å²) in [7, 11) is 0. The number of carbonyl (C=O) groups excluding carboxylic acids is 1. The highest BCUT2D eigenvalue weighted by Crippen LogP contribution is 2.10. The van der Waals surface area contributed by atoms with Gasteiger partial charge in [0.2, 0.25) is 0 Å². The molecule has 1 aliphatic heterocycles. The Morgan fingerprint density at radius 1 is 1.26 bits per heavy atom. The summed E-state index contributed by atoms with van der Waals surface area (Å²) in [5, 5.41) is 0.614. The van der Waals surface area contributed by atoms with Crippen LogP contribution in [0.4, 0.5) is 0 Å². The van der Waals surface area contributed by atoms with Crippen molar-refractivity contribution in [2.24, 2.45) is 4.99 Å². The average Bonchev–Trinajstić information content (AvgIpc) is 2.68. The molecule has 0 amide bonds. The molecular weight excluding hydrogens is 264 g/mol. The molecule has 0 bridgehead atoms. The van der Waals surface area contributed by atoms with E-state index in [-0.39, 0.29) is 12.4 Å². The summed E-state index contributed by atoms with van der Waals surface area (Å²) >= 11 is 5.77. The Morgan fingerprint density at radius 3 is 2.84 bits per heavy atom. The highest BCUT2D eigenvalue weighted by atomic mass is 35.5. The van der Waals surface area contributed by atoms with E-state index in [1.807, 2.05) is 0 Å². The first-order valence-corrected chi connectivity index (χ1v) is 6.83. The first kappa shape index (κ1) is 14.0. The number of halogens is 1. The fourth-order valence-electron chi connectivity index (χ4n) is 1.86. The predicted octanol–water partition coefficient (Wildman–Crippen LogP) is 3.02. The number of rotatable bonds is 4. The van der Waals surface area contributed by atoms with Gasteiger partial charge in [0, 0.05) is 23.6 Å². The molecule has 5 heteroatoms. The van der Waals surface area contributed by atoms with Crippen LogP contribution in [-0.2, 0) is 4.84 Å². The van der Waals surface area contributed by atoms with Crippen LogP contribution < -0.4 is 5.48 Å². The van der Waals surface area contributed by atoms with E-state index >= 15 is 0 Å². The van der Waals surface area contributed by atoms with Gasteiger partial charge in [0.1, 0.15) is 12.4 Å². The molecule has 0 saturated heterocycles. The number of amidine groups is 1. The molecule has 0 spiro atoms. The summed E-state index contributed by atoms with van der Waals surface area (Å²) in [6.45, 7) is 0.817. The minimum absolute atomic E-state index is 0.0132. The van der Waals surface area contributed by atoms with E-state index < -0.39 is 0 Å². The molecule has 0 aliphatic carbocycles. The summed E-state index contributed by atoms with van der Waals surface area (Å²) in [6.07, 6.45) is 4.31. The van der Waals surface area contributed by atoms with E-state index in [1.165, 1.54) is 6.42 Å². The van der Waals surface area contributed by atoms with E-state index in [4.69, 9.17) is 16.4 Å². The number of ketones is 1. The largest absolute Gasteiger partial charge is 0.291 e. The van der Waals surface area contributed by atoms with Gasteiger partial charge in [0.15, 0.2) is 5.78 Å². The molecule has 0 radical (unpaired) electrons. The maximum absolute atomic E-state index is 11.8. The zero-order chi connectivity index (χ0) is 13.5. The number of nitrogens with one attached hydrogen (secondary N) is 1. The van der Waals surface area contributed by atoms with E-state index in [0.717, 1.165) is 31.6 Å². The summed E-state index contributed by atoms with van der Waals surface area (Å²) in [5.41, 5.74) is 3.37. The van der Waals surface area contributed by atoms with Gasteiger partial charge in [-0.2, -0.15) is 0 Å². The Hall–Kier alpha value is -1.39. The Kier molecular flexibility index (Phi) is 5.36. The average molecular weight is 281 g/mol. The van der Waals surface area contributed by atoms with E-state index in [2.05, 4.69) is 10.5 Å². The Bertz CT molecular complexity index is 457. The van der Waals surface area contributed by atoms with Gasteiger partial charge in [-0.15, -0.1) is 0 Å². The van der Waals surface area contributed by atoms with Gasteiger partial charge >= 0.3 is 0 Å². The maximum Gasteiger partial charge on any atom is 0.191 e. The molecule has 0 aromatic heterocycles. The fraction of sp³-hybridized carbons (Fsp3) is 0.429. The first-order chi connectivity index (χ1) is 9.25. The van der Waals surface area contributed by atoms with Crippen molar-refractivity contribution < 1.29 is 9.63 Å². The summed E-state index contributed by atoms with van der Waals surface area (Å²) in [5.74, 6) is 0.750. The van der Waals surface area contributed by atoms with Gasteiger partial charge in [-0.05, 0) is 37.1 Å². The van der Waals surface area contributed by atoms with Crippen LogP contribution in [0.15, 0.2) is 29.3 Å². The number of aliphatic imine (C=N–C) groups is 1. The second-order valence-corrected chi connectivity index (χ2v) is 4.90. The molecular formula is C14H17ClN2O2. The molecule has 0 unspecified atom stereocenters. The third-order valence-electron chi connectivity index (χ3n) is 2.93. The molecule has 19 heavy (non-hydrogen) atoms. The van der Waals surface area contributed by atoms with Crippen molar-refractivity contribution in [2.45, 2.75) is 25.7 Å². The maximum atomic E-state index is 11.8. The monoisotopic (exact) mass is 280 g/mol. The number of benzene rings is 1. The van der Waals surface area contributed by atoms with Crippen LogP contribution in [0.1, 0.15) is 36.0 Å². The quantitative estimate of drug-likeness (QED) is 0.681. The fourth-order valence-corrected chi connectivity index (χ4v) is 1.99. The molecule has 0 saturated carbocycles. The number of nitrogens with zero attached hydrogens (tertiary/aromatic N) is 1. The third-order valence-corrected chi connectivity index (χ3v) is 3.19. The number of carbonyl (C=O) groups is 1. The van der Waals surface area contributed by atoms with E-state index in [1.54, 1.807) is 24.3 Å². The number of Topliss-reactive ketones (excluding diaryl/α,β-unsaturated/α-hetero) is 1. The summed E-state index contributed by atoms with van der Waals surface area (Å²) in [4.78, 5) is 21.4. The molecule has 1 heterocycles. The molecule has 102 valence electrons. The normalized spacial score (nSPS) is 15.5. The number of hydrogen-bond acceptors (Lipinski definition) is 4. The lowest BCUT2D eigenvalue weighted by Gasteiger charge is -2.08. The second kappa shape index (κ2) is 7.26. The van der Waals surface area contributed by atoms with Crippen molar-refractivity contribution >= 4 is 23.2 Å². The van der Waals surface area contributed by atoms with Gasteiger partial charge < -0.3 is 0 Å². The van der Waals surface area contributed by atoms with Crippen LogP contribution in [-0.4, -0.2) is 24.8 Å². The van der Waals surface area contributed by atoms with Crippen molar-refractivity contribution in [2.75, 3.05) is 13.2 Å². The minimum atomic E-state index is -0.0848. The van der Waals surface area contributed by atoms with Crippen LogP contribution in [0.3, 0.4) is 0 Å². The SMILES string of the molecule is O=C(CONC1=NCCCCC1)c1ccc(Cl)cc1. The lowest BCUT2D eigenvalue weighted by atomic mass is 10.1. The summed E-state index contributed by atoms with van der Waals surface area (Å²) < 4.78 is 0. The van der Waals surface area contributed by atoms with Crippen LogP contribution in [0.25, 0.3) is 0 Å². The topological polar surface area (TPSA) is 50.7 Å². The van der Waals surface area contributed by atoms with Crippen molar-refractivity contribution in [3.63, 3.8) is 0 Å². The molecule has 1 aromatic rings. The van der Waals surface area contributed by atoms with Crippen molar-refractivity contribution in [3.05, 3.63) is 34.9 Å². The van der Waals surface area contributed by atoms with Crippen molar-refractivity contribution in [1.82, 2.24) is 5.48 Å². The van der Waals surface area contributed by atoms with Gasteiger partial charge in [0.05, 0.1) is 0 Å². The predicted molar refractivity (Wildman–Crippen MR) is 75.6 cm³/mol. The molecule has 0 atom stereocenters. The Morgan fingerprint density at radius 2 is 2.05 bits per heavy atom. The number of hydroxylamine groups is 1. The van der Waals surface area contributed by atoms with Crippen LogP contribution in [0.2, 0.25) is 5.02 Å². The zero-order valence-electron chi connectivity index (χ0n) is 10.7. The highest BCUT2D eigenvalue weighted by molar-refractivity contribution is 6.30. The Labute approximate surface area is 117 Å². The third kappa shape index (κ3) is 4.65. The van der Waals surface area contributed by atoms with E-state index in [0.29, 0.717) is 10.6 Å². The second-order valence-electron chi connectivity index (χ2n) is 4.46. The van der Waals surface area contributed by atoms with Crippen molar-refractivity contribution in [3.8, 4) is 0 Å². The minimum Gasteiger partial charge on any atom is -0.291 e. The molecule has 0 fully saturated rings. The smallest absolute Gasteiger partial charge is 0.191 e. The number of hydrogen-bond donors (Lipinski definition) is 1. The highest BCUT2D eigenvalue weighted by Gasteiger charge is 2.08. The lowest BCUT2D eigenvalue weighted by Crippen LogP contribution is -2.26. The van der Waals surface area contributed by atoms with Crippen LogP contribution in [0, 0.1) is 0 Å². The molecule has 1 N–H and O–H groups in total. The molecule has 1 aromatic carbocycles. The molecule has 1 aliphatic rings. The summed E-state index contributed by atoms with van der Waals surface area (Å²) in [6, 6.07) is 6.77. The standard InChI is InChI=1S/C14H17ClN2O2/c15-12-7-5-11(6-8-12)13(18)10-19-17-14-4-2-1-3-9-16-14/h5-8H,1-4,9-10H2,(H,16,17).